The maximum absolute atomic E-state index is 13.3. The zero-order valence-electron chi connectivity index (χ0n) is 18.5. The number of anilines is 1. The summed E-state index contributed by atoms with van der Waals surface area (Å²) in [5.74, 6) is 0.137. The Balaban J connectivity index is 1.53. The van der Waals surface area contributed by atoms with Gasteiger partial charge in [-0.15, -0.1) is 0 Å². The van der Waals surface area contributed by atoms with Crippen molar-refractivity contribution in [1.29, 1.82) is 0 Å². The first-order valence-electron chi connectivity index (χ1n) is 11.1. The van der Waals surface area contributed by atoms with Crippen LogP contribution in [0.5, 0.6) is 0 Å². The molecule has 2 aliphatic heterocycles. The van der Waals surface area contributed by atoms with Crippen LogP contribution in [-0.4, -0.2) is 55.6 Å². The van der Waals surface area contributed by atoms with E-state index in [2.05, 4.69) is 0 Å². The van der Waals surface area contributed by atoms with Crippen LogP contribution < -0.4 is 4.90 Å². The second-order valence-corrected chi connectivity index (χ2v) is 10.2. The molecule has 2 amide bonds. The first-order chi connectivity index (χ1) is 15.3. The first kappa shape index (κ1) is 22.5. The summed E-state index contributed by atoms with van der Waals surface area (Å²) in [6.07, 6.45) is 3.22. The molecule has 0 bridgehead atoms. The first-order valence-corrected chi connectivity index (χ1v) is 12.5. The topological polar surface area (TPSA) is 91.1 Å². The molecule has 0 saturated carbocycles. The number of sulfonamides is 1. The number of benzene rings is 1. The zero-order valence-corrected chi connectivity index (χ0v) is 19.3. The van der Waals surface area contributed by atoms with Crippen LogP contribution in [0.25, 0.3) is 0 Å². The minimum Gasteiger partial charge on any atom is -0.467 e. The number of hydrogen-bond acceptors (Lipinski definition) is 5. The Hall–Kier alpha value is -2.65. The van der Waals surface area contributed by atoms with E-state index in [-0.39, 0.29) is 23.1 Å². The zero-order chi connectivity index (χ0) is 22.9. The van der Waals surface area contributed by atoms with E-state index in [0.29, 0.717) is 38.5 Å². The SMILES string of the molecule is CCN(CC)S(=O)(=O)c1ccc2c(c1)CCCN2C(=O)C1CC(=O)N(Cc2ccco2)C1. The van der Waals surface area contributed by atoms with Gasteiger partial charge in [-0.2, -0.15) is 4.31 Å². The van der Waals surface area contributed by atoms with E-state index in [9.17, 15) is 18.0 Å². The fourth-order valence-electron chi connectivity index (χ4n) is 4.58. The number of carbonyl (C=O) groups excluding carboxylic acids is 2. The van der Waals surface area contributed by atoms with Gasteiger partial charge in [0.2, 0.25) is 21.8 Å². The Kier molecular flexibility index (Phi) is 6.39. The molecule has 1 atom stereocenters. The van der Waals surface area contributed by atoms with Crippen molar-refractivity contribution >= 4 is 27.5 Å². The molecule has 0 radical (unpaired) electrons. The van der Waals surface area contributed by atoms with Gasteiger partial charge in [0.25, 0.3) is 0 Å². The van der Waals surface area contributed by atoms with Gasteiger partial charge in [-0.05, 0) is 48.7 Å². The molecule has 4 rings (SSSR count). The molecule has 2 aliphatic rings. The summed E-state index contributed by atoms with van der Waals surface area (Å²) in [6.45, 7) is 5.74. The highest BCUT2D eigenvalue weighted by Crippen LogP contribution is 2.33. The Morgan fingerprint density at radius 2 is 2.00 bits per heavy atom. The van der Waals surface area contributed by atoms with Gasteiger partial charge in [0.1, 0.15) is 5.76 Å². The monoisotopic (exact) mass is 459 g/mol. The quantitative estimate of drug-likeness (QED) is 0.635. The maximum atomic E-state index is 13.3. The Bertz CT molecular complexity index is 1090. The van der Waals surface area contributed by atoms with Crippen LogP contribution in [0.1, 0.15) is 38.0 Å². The summed E-state index contributed by atoms with van der Waals surface area (Å²) in [6, 6.07) is 8.61. The van der Waals surface area contributed by atoms with Crippen molar-refractivity contribution in [3.63, 3.8) is 0 Å². The number of amides is 2. The lowest BCUT2D eigenvalue weighted by Gasteiger charge is -2.32. The lowest BCUT2D eigenvalue weighted by atomic mass is 9.99. The van der Waals surface area contributed by atoms with E-state index in [0.717, 1.165) is 24.1 Å². The van der Waals surface area contributed by atoms with Crippen molar-refractivity contribution in [2.75, 3.05) is 31.1 Å². The minimum atomic E-state index is -3.56. The van der Waals surface area contributed by atoms with E-state index in [4.69, 9.17) is 4.42 Å². The summed E-state index contributed by atoms with van der Waals surface area (Å²) in [7, 11) is -3.56. The normalized spacial score (nSPS) is 19.0. The second-order valence-electron chi connectivity index (χ2n) is 8.23. The van der Waals surface area contributed by atoms with Crippen LogP contribution in [0.15, 0.2) is 45.9 Å². The van der Waals surface area contributed by atoms with Crippen molar-refractivity contribution in [3.8, 4) is 0 Å². The molecule has 9 heteroatoms. The van der Waals surface area contributed by atoms with Crippen LogP contribution in [0.2, 0.25) is 0 Å². The average molecular weight is 460 g/mol. The Labute approximate surface area is 188 Å². The minimum absolute atomic E-state index is 0.0577. The van der Waals surface area contributed by atoms with Crippen molar-refractivity contribution in [2.24, 2.45) is 5.92 Å². The van der Waals surface area contributed by atoms with E-state index in [1.807, 2.05) is 19.9 Å². The van der Waals surface area contributed by atoms with Crippen molar-refractivity contribution in [3.05, 3.63) is 47.9 Å². The van der Waals surface area contributed by atoms with E-state index < -0.39 is 15.9 Å². The molecule has 8 nitrogen and oxygen atoms in total. The van der Waals surface area contributed by atoms with Gasteiger partial charge < -0.3 is 14.2 Å². The fourth-order valence-corrected chi connectivity index (χ4v) is 6.09. The molecule has 172 valence electrons. The molecule has 0 spiro atoms. The number of rotatable bonds is 7. The predicted molar refractivity (Wildman–Crippen MR) is 119 cm³/mol. The second kappa shape index (κ2) is 9.07. The molecule has 1 aromatic heterocycles. The number of carbonyl (C=O) groups is 2. The van der Waals surface area contributed by atoms with Crippen LogP contribution >= 0.6 is 0 Å². The third-order valence-corrected chi connectivity index (χ3v) is 8.32. The van der Waals surface area contributed by atoms with Gasteiger partial charge in [-0.3, -0.25) is 9.59 Å². The Morgan fingerprint density at radius 3 is 2.69 bits per heavy atom. The van der Waals surface area contributed by atoms with Crippen molar-refractivity contribution in [2.45, 2.75) is 44.6 Å². The van der Waals surface area contributed by atoms with Gasteiger partial charge in [0.15, 0.2) is 0 Å². The van der Waals surface area contributed by atoms with Gasteiger partial charge >= 0.3 is 0 Å². The summed E-state index contributed by atoms with van der Waals surface area (Å²) < 4.78 is 32.6. The summed E-state index contributed by atoms with van der Waals surface area (Å²) in [4.78, 5) is 29.4. The molecule has 1 aromatic carbocycles. The lowest BCUT2D eigenvalue weighted by molar-refractivity contribution is -0.129. The van der Waals surface area contributed by atoms with E-state index >= 15 is 0 Å². The average Bonchev–Trinajstić information content (AvgIpc) is 3.43. The molecular formula is C23H29N3O5S. The third kappa shape index (κ3) is 4.19. The number of fused-ring (bicyclic) bond motifs is 1. The van der Waals surface area contributed by atoms with Crippen molar-refractivity contribution < 1.29 is 22.4 Å². The summed E-state index contributed by atoms with van der Waals surface area (Å²) >= 11 is 0. The molecule has 1 fully saturated rings. The highest BCUT2D eigenvalue weighted by atomic mass is 32.2. The molecule has 1 unspecified atom stereocenters. The smallest absolute Gasteiger partial charge is 0.243 e. The molecule has 1 saturated heterocycles. The molecule has 2 aromatic rings. The van der Waals surface area contributed by atoms with Gasteiger partial charge in [-0.25, -0.2) is 8.42 Å². The standard InChI is InChI=1S/C23H29N3O5S/c1-3-25(4-2)32(29,30)20-9-10-21-17(13-20)7-5-11-26(21)23(28)18-14-22(27)24(15-18)16-19-8-6-12-31-19/h6,8-10,12-13,18H,3-5,7,11,14-16H2,1-2H3. The highest BCUT2D eigenvalue weighted by molar-refractivity contribution is 7.89. The maximum Gasteiger partial charge on any atom is 0.243 e. The largest absolute Gasteiger partial charge is 0.467 e. The van der Waals surface area contributed by atoms with Crippen LogP contribution in [0.3, 0.4) is 0 Å². The van der Waals surface area contributed by atoms with E-state index in [1.54, 1.807) is 40.3 Å². The van der Waals surface area contributed by atoms with Crippen LogP contribution in [0, 0.1) is 5.92 Å². The predicted octanol–water partition coefficient (Wildman–Crippen LogP) is 2.64. The van der Waals surface area contributed by atoms with Crippen LogP contribution in [-0.2, 0) is 32.6 Å². The summed E-state index contributed by atoms with van der Waals surface area (Å²) in [5.41, 5.74) is 1.60. The molecule has 0 aliphatic carbocycles. The lowest BCUT2D eigenvalue weighted by Crippen LogP contribution is -2.40. The molecule has 32 heavy (non-hydrogen) atoms. The van der Waals surface area contributed by atoms with Crippen molar-refractivity contribution in [1.82, 2.24) is 9.21 Å². The van der Waals surface area contributed by atoms with E-state index in [1.165, 1.54) is 4.31 Å². The van der Waals surface area contributed by atoms with Gasteiger partial charge in [0.05, 0.1) is 23.6 Å². The number of nitrogens with zero attached hydrogens (tertiary/aromatic N) is 3. The third-order valence-electron chi connectivity index (χ3n) is 6.27. The summed E-state index contributed by atoms with van der Waals surface area (Å²) in [5, 5.41) is 0. The molecule has 3 heterocycles. The van der Waals surface area contributed by atoms with Gasteiger partial charge in [0, 0.05) is 38.3 Å². The van der Waals surface area contributed by atoms with Gasteiger partial charge in [-0.1, -0.05) is 13.8 Å². The number of likely N-dealkylation sites (tertiary alicyclic amines) is 1. The number of aryl methyl sites for hydroxylation is 1. The molecule has 0 N–H and O–H groups in total. The number of hydrogen-bond donors (Lipinski definition) is 0. The number of furan rings is 1. The highest BCUT2D eigenvalue weighted by Gasteiger charge is 2.38. The fraction of sp³-hybridized carbons (Fsp3) is 0.478. The molecular weight excluding hydrogens is 430 g/mol. The Morgan fingerprint density at radius 1 is 1.22 bits per heavy atom. The van der Waals surface area contributed by atoms with Crippen LogP contribution in [0.4, 0.5) is 5.69 Å².